The third-order valence-electron chi connectivity index (χ3n) is 3.39. The van der Waals surface area contributed by atoms with Gasteiger partial charge in [-0.25, -0.2) is 0 Å². The molecule has 0 aliphatic carbocycles. The Morgan fingerprint density at radius 3 is 2.63 bits per heavy atom. The molecule has 0 fully saturated rings. The van der Waals surface area contributed by atoms with Crippen LogP contribution in [0.25, 0.3) is 11.1 Å². The normalized spacial score (nSPS) is 12.4. The van der Waals surface area contributed by atoms with Gasteiger partial charge in [-0.2, -0.15) is 0 Å². The van der Waals surface area contributed by atoms with Crippen LogP contribution in [-0.4, -0.2) is 5.11 Å². The molecule has 0 amide bonds. The Kier molecular flexibility index (Phi) is 4.23. The summed E-state index contributed by atoms with van der Waals surface area (Å²) in [5, 5.41) is 10.1. The minimum atomic E-state index is -0.376. The Morgan fingerprint density at radius 2 is 1.95 bits per heavy atom. The van der Waals surface area contributed by atoms with Crippen molar-refractivity contribution in [3.8, 4) is 11.1 Å². The predicted molar refractivity (Wildman–Crippen MR) is 80.9 cm³/mol. The number of hydrogen-bond acceptors (Lipinski definition) is 2. The second-order valence-corrected chi connectivity index (χ2v) is 5.00. The first-order valence-corrected chi connectivity index (χ1v) is 6.76. The number of aliphatic hydroxyl groups is 1. The summed E-state index contributed by atoms with van der Waals surface area (Å²) in [7, 11) is 0. The maximum atomic E-state index is 10.1. The summed E-state index contributed by atoms with van der Waals surface area (Å²) in [6.45, 7) is 4.14. The molecule has 1 unspecified atom stereocenters. The van der Waals surface area contributed by atoms with Gasteiger partial charge in [-0.1, -0.05) is 37.6 Å². The molecule has 2 rings (SSSR count). The quantitative estimate of drug-likeness (QED) is 0.809. The fraction of sp³-hybridized carbons (Fsp3) is 0.294. The Labute approximate surface area is 114 Å². The van der Waals surface area contributed by atoms with Gasteiger partial charge in [-0.05, 0) is 53.8 Å². The molecular weight excluding hydrogens is 234 g/mol. The molecule has 0 saturated heterocycles. The lowest BCUT2D eigenvalue weighted by atomic mass is 9.96. The van der Waals surface area contributed by atoms with Crippen LogP contribution in [-0.2, 0) is 0 Å². The summed E-state index contributed by atoms with van der Waals surface area (Å²) in [4.78, 5) is 0. The highest BCUT2D eigenvalue weighted by molar-refractivity contribution is 5.70. The van der Waals surface area contributed by atoms with Gasteiger partial charge in [0.25, 0.3) is 0 Å². The van der Waals surface area contributed by atoms with E-state index in [-0.39, 0.29) is 6.10 Å². The highest BCUT2D eigenvalue weighted by Gasteiger charge is 2.08. The molecule has 0 heterocycles. The van der Waals surface area contributed by atoms with Crippen LogP contribution in [0.3, 0.4) is 0 Å². The maximum Gasteiger partial charge on any atom is 0.0790 e. The summed E-state index contributed by atoms with van der Waals surface area (Å²) in [5.41, 5.74) is 11.0. The molecular formula is C17H21NO. The van der Waals surface area contributed by atoms with Crippen molar-refractivity contribution in [2.24, 2.45) is 0 Å². The molecule has 0 radical (unpaired) electrons. The minimum absolute atomic E-state index is 0.376. The summed E-state index contributed by atoms with van der Waals surface area (Å²) in [5.74, 6) is 0. The Bertz CT molecular complexity index is 563. The Hall–Kier alpha value is -1.80. The van der Waals surface area contributed by atoms with E-state index >= 15 is 0 Å². The summed E-state index contributed by atoms with van der Waals surface area (Å²) < 4.78 is 0. The zero-order valence-electron chi connectivity index (χ0n) is 11.6. The van der Waals surface area contributed by atoms with Gasteiger partial charge in [-0.3, -0.25) is 0 Å². The van der Waals surface area contributed by atoms with E-state index in [9.17, 15) is 5.11 Å². The largest absolute Gasteiger partial charge is 0.399 e. The van der Waals surface area contributed by atoms with E-state index in [1.165, 1.54) is 5.56 Å². The third kappa shape index (κ3) is 3.15. The zero-order chi connectivity index (χ0) is 13.8. The number of benzene rings is 2. The van der Waals surface area contributed by atoms with Crippen LogP contribution in [0.1, 0.15) is 37.0 Å². The van der Waals surface area contributed by atoms with Crippen LogP contribution >= 0.6 is 0 Å². The molecule has 0 bridgehead atoms. The SMILES string of the molecule is CCCC(O)c1cccc(-c2ccc(N)cc2C)c1. The van der Waals surface area contributed by atoms with E-state index in [0.717, 1.165) is 35.2 Å². The van der Waals surface area contributed by atoms with Gasteiger partial charge in [0.05, 0.1) is 6.10 Å². The van der Waals surface area contributed by atoms with Gasteiger partial charge < -0.3 is 10.8 Å². The molecule has 2 aromatic rings. The molecule has 0 aliphatic rings. The standard InChI is InChI=1S/C17H21NO/c1-3-5-17(19)14-7-4-6-13(11-14)16-9-8-15(18)10-12(16)2/h4,6-11,17,19H,3,5,18H2,1-2H3. The first-order valence-electron chi connectivity index (χ1n) is 6.76. The average Bonchev–Trinajstić information content (AvgIpc) is 2.39. The van der Waals surface area contributed by atoms with Crippen molar-refractivity contribution < 1.29 is 5.11 Å². The second-order valence-electron chi connectivity index (χ2n) is 5.00. The number of anilines is 1. The summed E-state index contributed by atoms with van der Waals surface area (Å²) in [6, 6.07) is 14.0. The predicted octanol–water partition coefficient (Wildman–Crippen LogP) is 4.08. The third-order valence-corrected chi connectivity index (χ3v) is 3.39. The van der Waals surface area contributed by atoms with E-state index in [2.05, 4.69) is 26.0 Å². The molecule has 19 heavy (non-hydrogen) atoms. The summed E-state index contributed by atoms with van der Waals surface area (Å²) >= 11 is 0. The van der Waals surface area contributed by atoms with Crippen molar-refractivity contribution >= 4 is 5.69 Å². The van der Waals surface area contributed by atoms with E-state index in [1.807, 2.05) is 30.3 Å². The molecule has 1 atom stereocenters. The van der Waals surface area contributed by atoms with Crippen molar-refractivity contribution in [2.75, 3.05) is 5.73 Å². The molecule has 100 valence electrons. The number of nitrogens with two attached hydrogens (primary N) is 1. The molecule has 0 spiro atoms. The van der Waals surface area contributed by atoms with Crippen molar-refractivity contribution in [3.05, 3.63) is 53.6 Å². The van der Waals surface area contributed by atoms with Gasteiger partial charge in [0.1, 0.15) is 0 Å². The van der Waals surface area contributed by atoms with Gasteiger partial charge >= 0.3 is 0 Å². The summed E-state index contributed by atoms with van der Waals surface area (Å²) in [6.07, 6.45) is 1.40. The van der Waals surface area contributed by atoms with Crippen LogP contribution in [0, 0.1) is 6.92 Å². The highest BCUT2D eigenvalue weighted by atomic mass is 16.3. The Morgan fingerprint density at radius 1 is 1.16 bits per heavy atom. The van der Waals surface area contributed by atoms with Crippen LogP contribution in [0.15, 0.2) is 42.5 Å². The van der Waals surface area contributed by atoms with E-state index in [4.69, 9.17) is 5.73 Å². The minimum Gasteiger partial charge on any atom is -0.399 e. The Balaban J connectivity index is 2.37. The zero-order valence-corrected chi connectivity index (χ0v) is 11.6. The number of hydrogen-bond donors (Lipinski definition) is 2. The molecule has 2 nitrogen and oxygen atoms in total. The van der Waals surface area contributed by atoms with Gasteiger partial charge in [0.15, 0.2) is 0 Å². The fourth-order valence-corrected chi connectivity index (χ4v) is 2.36. The average molecular weight is 255 g/mol. The number of nitrogen functional groups attached to an aromatic ring is 1. The highest BCUT2D eigenvalue weighted by Crippen LogP contribution is 2.28. The van der Waals surface area contributed by atoms with Gasteiger partial charge in [0, 0.05) is 5.69 Å². The van der Waals surface area contributed by atoms with Crippen LogP contribution < -0.4 is 5.73 Å². The molecule has 0 aromatic heterocycles. The lowest BCUT2D eigenvalue weighted by Gasteiger charge is -2.13. The first-order chi connectivity index (χ1) is 9.11. The fourth-order valence-electron chi connectivity index (χ4n) is 2.36. The lowest BCUT2D eigenvalue weighted by molar-refractivity contribution is 0.166. The van der Waals surface area contributed by atoms with Crippen LogP contribution in [0.5, 0.6) is 0 Å². The van der Waals surface area contributed by atoms with Gasteiger partial charge in [-0.15, -0.1) is 0 Å². The van der Waals surface area contributed by atoms with Crippen molar-refractivity contribution in [1.82, 2.24) is 0 Å². The smallest absolute Gasteiger partial charge is 0.0790 e. The topological polar surface area (TPSA) is 46.2 Å². The van der Waals surface area contributed by atoms with Crippen LogP contribution in [0.2, 0.25) is 0 Å². The monoisotopic (exact) mass is 255 g/mol. The molecule has 0 aliphatic heterocycles. The molecule has 2 heteroatoms. The number of aryl methyl sites for hydroxylation is 1. The number of rotatable bonds is 4. The van der Waals surface area contributed by atoms with Gasteiger partial charge in [0.2, 0.25) is 0 Å². The molecule has 0 saturated carbocycles. The molecule has 2 aromatic carbocycles. The van der Waals surface area contributed by atoms with E-state index in [1.54, 1.807) is 0 Å². The maximum absolute atomic E-state index is 10.1. The number of aliphatic hydroxyl groups excluding tert-OH is 1. The lowest BCUT2D eigenvalue weighted by Crippen LogP contribution is -1.97. The molecule has 3 N–H and O–H groups in total. The van der Waals surface area contributed by atoms with Crippen molar-refractivity contribution in [1.29, 1.82) is 0 Å². The first kappa shape index (κ1) is 13.6. The van der Waals surface area contributed by atoms with Crippen LogP contribution in [0.4, 0.5) is 5.69 Å². The van der Waals surface area contributed by atoms with Crippen molar-refractivity contribution in [2.45, 2.75) is 32.8 Å². The second kappa shape index (κ2) is 5.89. The van der Waals surface area contributed by atoms with E-state index in [0.29, 0.717) is 0 Å². The van der Waals surface area contributed by atoms with E-state index < -0.39 is 0 Å². The van der Waals surface area contributed by atoms with Crippen molar-refractivity contribution in [3.63, 3.8) is 0 Å².